The highest BCUT2D eigenvalue weighted by Gasteiger charge is 2.28. The minimum absolute atomic E-state index is 0.153. The fourth-order valence-corrected chi connectivity index (χ4v) is 4.07. The second-order valence-corrected chi connectivity index (χ2v) is 7.52. The summed E-state index contributed by atoms with van der Waals surface area (Å²) in [6.07, 6.45) is 3.64. The van der Waals surface area contributed by atoms with E-state index in [1.165, 1.54) is 0 Å². The van der Waals surface area contributed by atoms with Crippen molar-refractivity contribution >= 4 is 11.7 Å². The Morgan fingerprint density at radius 1 is 1.14 bits per heavy atom. The second kappa shape index (κ2) is 7.75. The van der Waals surface area contributed by atoms with Crippen molar-refractivity contribution in [1.82, 2.24) is 25.1 Å². The molecule has 0 unspecified atom stereocenters. The maximum atomic E-state index is 13.2. The number of hydrogen-bond acceptors (Lipinski definition) is 7. The van der Waals surface area contributed by atoms with Gasteiger partial charge in [-0.1, -0.05) is 5.16 Å². The number of carbonyl (C=O) groups excluding carboxylic acids is 1. The van der Waals surface area contributed by atoms with Gasteiger partial charge < -0.3 is 19.7 Å². The van der Waals surface area contributed by atoms with Gasteiger partial charge in [0.1, 0.15) is 11.3 Å². The summed E-state index contributed by atoms with van der Waals surface area (Å²) in [4.78, 5) is 30.1. The number of amides is 1. The summed E-state index contributed by atoms with van der Waals surface area (Å²) in [5, 5.41) is 11.1. The molecule has 9 heteroatoms. The van der Waals surface area contributed by atoms with E-state index in [0.717, 1.165) is 43.0 Å². The summed E-state index contributed by atoms with van der Waals surface area (Å²) in [6.45, 7) is 7.81. The van der Waals surface area contributed by atoms with Gasteiger partial charge in [-0.25, -0.2) is 4.63 Å². The highest BCUT2D eigenvalue weighted by molar-refractivity contribution is 5.95. The Kier molecular flexibility index (Phi) is 5.17. The van der Waals surface area contributed by atoms with Crippen molar-refractivity contribution in [2.75, 3.05) is 44.2 Å². The Labute approximate surface area is 163 Å². The highest BCUT2D eigenvalue weighted by Crippen LogP contribution is 2.20. The maximum absolute atomic E-state index is 13.2. The first-order valence-corrected chi connectivity index (χ1v) is 9.82. The number of hydrogen-bond donors (Lipinski definition) is 1. The number of aromatic nitrogens is 3. The van der Waals surface area contributed by atoms with Gasteiger partial charge in [0.15, 0.2) is 5.82 Å². The molecule has 0 spiro atoms. The molecule has 2 aromatic rings. The van der Waals surface area contributed by atoms with E-state index in [0.29, 0.717) is 31.7 Å². The molecule has 0 bridgehead atoms. The molecule has 150 valence electrons. The summed E-state index contributed by atoms with van der Waals surface area (Å²) in [5.41, 5.74) is 1.60. The first-order valence-electron chi connectivity index (χ1n) is 9.82. The molecular weight excluding hydrogens is 360 g/mol. The molecule has 2 fully saturated rings. The van der Waals surface area contributed by atoms with Crippen molar-refractivity contribution in [2.45, 2.75) is 32.7 Å². The lowest BCUT2D eigenvalue weighted by Crippen LogP contribution is -2.50. The van der Waals surface area contributed by atoms with Crippen LogP contribution in [0.5, 0.6) is 0 Å². The average Bonchev–Trinajstić information content (AvgIpc) is 3.14. The molecule has 0 radical (unpaired) electrons. The molecule has 0 aliphatic carbocycles. The SMILES string of the molecule is Cc1ccn(C2CCNCC2)c(=O)c1C(=O)N1CCN(c2nonc2C)CC1. The lowest BCUT2D eigenvalue weighted by molar-refractivity contribution is 0.0742. The van der Waals surface area contributed by atoms with Gasteiger partial charge in [-0.2, -0.15) is 0 Å². The van der Waals surface area contributed by atoms with E-state index >= 15 is 0 Å². The van der Waals surface area contributed by atoms with Crippen LogP contribution >= 0.6 is 0 Å². The molecule has 1 amide bonds. The first-order chi connectivity index (χ1) is 13.6. The van der Waals surface area contributed by atoms with Crippen LogP contribution in [0.2, 0.25) is 0 Å². The summed E-state index contributed by atoms with van der Waals surface area (Å²) in [7, 11) is 0. The highest BCUT2D eigenvalue weighted by atomic mass is 16.6. The van der Waals surface area contributed by atoms with Crippen molar-refractivity contribution in [2.24, 2.45) is 0 Å². The third-order valence-corrected chi connectivity index (χ3v) is 5.74. The van der Waals surface area contributed by atoms with E-state index < -0.39 is 0 Å². The molecule has 4 heterocycles. The number of rotatable bonds is 3. The van der Waals surface area contributed by atoms with Gasteiger partial charge in [0.2, 0.25) is 0 Å². The van der Waals surface area contributed by atoms with Crippen LogP contribution in [-0.4, -0.2) is 65.0 Å². The van der Waals surface area contributed by atoms with E-state index in [4.69, 9.17) is 4.63 Å². The maximum Gasteiger partial charge on any atom is 0.263 e. The Morgan fingerprint density at radius 2 is 1.86 bits per heavy atom. The number of nitrogens with zero attached hydrogens (tertiary/aromatic N) is 5. The number of pyridine rings is 1. The number of piperidine rings is 1. The topological polar surface area (TPSA) is 96.5 Å². The second-order valence-electron chi connectivity index (χ2n) is 7.52. The van der Waals surface area contributed by atoms with Crippen LogP contribution in [0.15, 0.2) is 21.7 Å². The van der Waals surface area contributed by atoms with Gasteiger partial charge in [-0.15, -0.1) is 0 Å². The third kappa shape index (κ3) is 3.42. The van der Waals surface area contributed by atoms with Crippen LogP contribution in [0.4, 0.5) is 5.82 Å². The monoisotopic (exact) mass is 386 g/mol. The van der Waals surface area contributed by atoms with Crippen molar-refractivity contribution in [3.05, 3.63) is 39.4 Å². The van der Waals surface area contributed by atoms with E-state index in [2.05, 4.69) is 20.5 Å². The van der Waals surface area contributed by atoms with Crippen LogP contribution in [-0.2, 0) is 0 Å². The molecular formula is C19H26N6O3. The number of aryl methyl sites for hydroxylation is 2. The molecule has 0 atom stereocenters. The average molecular weight is 386 g/mol. The third-order valence-electron chi connectivity index (χ3n) is 5.74. The Balaban J connectivity index is 1.52. The molecule has 2 aliphatic heterocycles. The summed E-state index contributed by atoms with van der Waals surface area (Å²) < 4.78 is 6.53. The van der Waals surface area contributed by atoms with Gasteiger partial charge in [-0.05, 0) is 56.6 Å². The van der Waals surface area contributed by atoms with Crippen molar-refractivity contribution in [3.8, 4) is 0 Å². The summed E-state index contributed by atoms with van der Waals surface area (Å²) >= 11 is 0. The van der Waals surface area contributed by atoms with Crippen LogP contribution < -0.4 is 15.8 Å². The minimum Gasteiger partial charge on any atom is -0.349 e. The summed E-state index contributed by atoms with van der Waals surface area (Å²) in [6, 6.07) is 2.04. The molecule has 0 aromatic carbocycles. The lowest BCUT2D eigenvalue weighted by atomic mass is 10.0. The lowest BCUT2D eigenvalue weighted by Gasteiger charge is -2.35. The van der Waals surface area contributed by atoms with E-state index in [1.807, 2.05) is 26.1 Å². The predicted molar refractivity (Wildman–Crippen MR) is 104 cm³/mol. The largest absolute Gasteiger partial charge is 0.349 e. The first kappa shape index (κ1) is 18.7. The fraction of sp³-hybridized carbons (Fsp3) is 0.579. The van der Waals surface area contributed by atoms with Gasteiger partial charge >= 0.3 is 0 Å². The molecule has 2 aliphatic rings. The zero-order chi connectivity index (χ0) is 19.7. The standard InChI is InChI=1S/C19H26N6O3/c1-13-5-8-25(15-3-6-20-7-4-15)19(27)16(13)18(26)24-11-9-23(10-12-24)17-14(2)21-28-22-17/h5,8,15,20H,3-4,6-7,9-12H2,1-2H3. The number of nitrogens with one attached hydrogen (secondary N) is 1. The van der Waals surface area contributed by atoms with Crippen LogP contribution in [0.25, 0.3) is 0 Å². The van der Waals surface area contributed by atoms with Gasteiger partial charge in [0.05, 0.1) is 0 Å². The van der Waals surface area contributed by atoms with Crippen LogP contribution in [0.1, 0.15) is 40.5 Å². The molecule has 1 N–H and O–H groups in total. The molecule has 9 nitrogen and oxygen atoms in total. The van der Waals surface area contributed by atoms with Crippen molar-refractivity contribution in [3.63, 3.8) is 0 Å². The van der Waals surface area contributed by atoms with E-state index in [1.54, 1.807) is 9.47 Å². The van der Waals surface area contributed by atoms with E-state index in [-0.39, 0.29) is 17.5 Å². The zero-order valence-electron chi connectivity index (χ0n) is 16.3. The predicted octanol–water partition coefficient (Wildman–Crippen LogP) is 0.735. The van der Waals surface area contributed by atoms with Crippen LogP contribution in [0.3, 0.4) is 0 Å². The van der Waals surface area contributed by atoms with Gasteiger partial charge in [0.25, 0.3) is 11.5 Å². The van der Waals surface area contributed by atoms with Gasteiger partial charge in [0, 0.05) is 38.4 Å². The Bertz CT molecular complexity index is 907. The molecule has 2 aromatic heterocycles. The molecule has 4 rings (SSSR count). The van der Waals surface area contributed by atoms with Gasteiger partial charge in [-0.3, -0.25) is 9.59 Å². The summed E-state index contributed by atoms with van der Waals surface area (Å²) in [5.74, 6) is 0.539. The van der Waals surface area contributed by atoms with Crippen molar-refractivity contribution < 1.29 is 9.42 Å². The van der Waals surface area contributed by atoms with Crippen molar-refractivity contribution in [1.29, 1.82) is 0 Å². The fourth-order valence-electron chi connectivity index (χ4n) is 4.07. The van der Waals surface area contributed by atoms with Crippen LogP contribution in [0, 0.1) is 13.8 Å². The molecule has 2 saturated heterocycles. The Morgan fingerprint density at radius 3 is 2.50 bits per heavy atom. The smallest absolute Gasteiger partial charge is 0.263 e. The number of piperazine rings is 1. The normalized spacial score (nSPS) is 18.5. The zero-order valence-corrected chi connectivity index (χ0v) is 16.3. The molecule has 28 heavy (non-hydrogen) atoms. The number of anilines is 1. The molecule has 0 saturated carbocycles. The quantitative estimate of drug-likeness (QED) is 0.831. The van der Waals surface area contributed by atoms with E-state index in [9.17, 15) is 9.59 Å². The Hall–Kier alpha value is -2.68. The minimum atomic E-state index is -0.180. The number of carbonyl (C=O) groups is 1.